The van der Waals surface area contributed by atoms with Crippen LogP contribution >= 0.6 is 46.4 Å². The first-order valence-electron chi connectivity index (χ1n) is 48.1. The van der Waals surface area contributed by atoms with Gasteiger partial charge in [0.25, 0.3) is 41.4 Å². The van der Waals surface area contributed by atoms with Gasteiger partial charge in [0, 0.05) is 122 Å². The number of hydrogen-bond acceptors (Lipinski definition) is 22. The molecule has 13 saturated carbocycles. The fourth-order valence-corrected chi connectivity index (χ4v) is 23.5. The van der Waals surface area contributed by atoms with Crippen LogP contribution in [0, 0.1) is 61.8 Å². The van der Waals surface area contributed by atoms with Gasteiger partial charge < -0.3 is 95.1 Å². The van der Waals surface area contributed by atoms with Crippen LogP contribution < -0.4 is 84.9 Å². The monoisotopic (exact) mass is 2110 g/mol. The zero-order valence-electron chi connectivity index (χ0n) is 80.2. The second kappa shape index (κ2) is 41.1. The fraction of sp³-hybridized carbons (Fsp3) is 0.434. The highest BCUT2D eigenvalue weighted by Gasteiger charge is 2.72. The van der Waals surface area contributed by atoms with Crippen LogP contribution in [0.1, 0.15) is 155 Å². The van der Waals surface area contributed by atoms with Crippen LogP contribution in [-0.2, 0) is 52.7 Å². The van der Waals surface area contributed by atoms with E-state index in [1.807, 2.05) is 48.2 Å². The molecule has 2 unspecified atom stereocenters. The van der Waals surface area contributed by atoms with E-state index in [-0.39, 0.29) is 185 Å². The van der Waals surface area contributed by atoms with Crippen molar-refractivity contribution in [3.8, 4) is 46.0 Å². The number of alkyl halides is 3. The van der Waals surface area contributed by atoms with Crippen molar-refractivity contribution in [1.82, 2.24) is 37.2 Å². The molecule has 13 fully saturated rings. The summed E-state index contributed by atoms with van der Waals surface area (Å²) >= 11 is 23.5. The molecule has 147 heavy (non-hydrogen) atoms. The molecule has 13 aliphatic carbocycles. The summed E-state index contributed by atoms with van der Waals surface area (Å²) < 4.78 is 141. The molecule has 4 aliphatic heterocycles. The standard InChI is InChI=1S/C29H32ClFN2O5.C26H24ClF4N3O6.C26H27ClFN3O6.C25H23ClFNO4/c1-16-2-4-20(9-22(16)31)37-12-27(36)33-29-13-28(14-29,15-29)11-24(35)26-10-23(32-18-7-19(34)8-18)21-6-17(30)3-5-25(21)38-26;1-14-2-5-19-18(6-14)34(22(36)10-39-26(29,30)31)8-20(40-19)23(37)33-25-11-24(12-25,13-25)32-21(35)9-38-15-3-4-16(27)17(28)7-15;1-15-2-5-20-19(8-15)31(7-6-23(33)34)10-21(37-20)24(35)30-26-12-25(13-26,14-26)29-22(32)11-36-16-3-4-17(27)18(28)9-16;1-15-2-5-19(8-20(15)27)31-11-23(30)28-25-12-24(13-25,14-25)9-21(29)17-6-16-3-4-18(26)7-22(16)32-10-17/h2-6,9,18-19,23,26,32,34H,7-8,10-15H2,1H3,(H,33,36);2-7,20H,8-13H2,1H3,(H,32,35)(H,33,37);2-5,8-9,21H,6-7,10-14H2,1H3,(H,29,32)(H,30,35)(H,33,34);2-8H,9-14H2,1H3,(H,28,30)/t18?,19?,23-,26+,28?,29?;;;/m1.../s1. The highest BCUT2D eigenvalue weighted by atomic mass is 35.5. The average Bonchev–Trinajstić information content (AvgIpc) is 0.691. The summed E-state index contributed by atoms with van der Waals surface area (Å²) in [7, 11) is 0. The Morgan fingerprint density at radius 1 is 0.456 bits per heavy atom. The molecule has 0 radical (unpaired) electrons. The maximum absolute atomic E-state index is 13.7. The van der Waals surface area contributed by atoms with E-state index in [2.05, 4.69) is 42.0 Å². The lowest BCUT2D eigenvalue weighted by molar-refractivity contribution is -0.320. The van der Waals surface area contributed by atoms with Crippen molar-refractivity contribution < 1.29 is 132 Å². The molecule has 8 bridgehead atoms. The molecule has 17 aliphatic rings. The van der Waals surface area contributed by atoms with Crippen molar-refractivity contribution in [3.05, 3.63) is 228 Å². The first-order chi connectivity index (χ1) is 69.7. The highest BCUT2D eigenvalue weighted by Crippen LogP contribution is 2.71. The van der Waals surface area contributed by atoms with Crippen molar-refractivity contribution in [2.45, 2.75) is 219 Å². The zero-order chi connectivity index (χ0) is 104. The summed E-state index contributed by atoms with van der Waals surface area (Å²) in [6.07, 6.45) is 4.70. The van der Waals surface area contributed by atoms with Crippen LogP contribution in [0.5, 0.6) is 46.0 Å². The quantitative estimate of drug-likeness (QED) is 0.0173. The Kier molecular flexibility index (Phi) is 29.2. The van der Waals surface area contributed by atoms with Crippen LogP contribution in [0.4, 0.5) is 42.1 Å². The summed E-state index contributed by atoms with van der Waals surface area (Å²) in [4.78, 5) is 128. The average molecular weight is 2120 g/mol. The van der Waals surface area contributed by atoms with Crippen LogP contribution in [0.3, 0.4) is 0 Å². The summed E-state index contributed by atoms with van der Waals surface area (Å²) in [5.41, 5.74) is 3.81. The number of anilines is 2. The minimum absolute atomic E-state index is 0.0242. The maximum atomic E-state index is 13.7. The smallest absolute Gasteiger partial charge is 0.488 e. The molecule has 25 rings (SSSR count). The summed E-state index contributed by atoms with van der Waals surface area (Å²) in [5, 5.41) is 41.4. The largest absolute Gasteiger partial charge is 0.523 e. The number of rotatable bonds is 33. The number of benzene rings is 8. The molecule has 778 valence electrons. The summed E-state index contributed by atoms with van der Waals surface area (Å²) in [5.74, 6) is -2.64. The molecule has 9 N–H and O–H groups in total. The molecule has 0 spiro atoms. The van der Waals surface area contributed by atoms with Crippen LogP contribution in [0.25, 0.3) is 6.08 Å². The lowest BCUT2D eigenvalue weighted by atomic mass is 9.38. The van der Waals surface area contributed by atoms with E-state index >= 15 is 0 Å². The zero-order valence-corrected chi connectivity index (χ0v) is 83.2. The molecule has 8 aromatic rings. The van der Waals surface area contributed by atoms with Gasteiger partial charge in [0.2, 0.25) is 0 Å². The van der Waals surface area contributed by atoms with Gasteiger partial charge in [0.1, 0.15) is 82.5 Å². The van der Waals surface area contributed by atoms with Crippen LogP contribution in [-0.4, -0.2) is 198 Å². The van der Waals surface area contributed by atoms with E-state index in [0.29, 0.717) is 126 Å². The van der Waals surface area contributed by atoms with E-state index in [1.54, 1.807) is 87.5 Å². The SMILES string of the molecule is Cc1ccc(OCC(=O)NC23CC(CC(=O)C4=Cc5ccc(Cl)cc5OC4)(C2)C3)cc1F.Cc1ccc(OCC(=O)NC23CC(CC(=O)[C@@H]4C[C@@H](NC5CC(O)C5)c5cc(Cl)ccc5O4)(C2)C3)cc1F.Cc1ccc2c(c1)N(C(=O)COC(F)(F)F)CC(C(=O)NC13CC(NC(=O)COc4ccc(Cl)c(F)c4)(C1)C3)O2.Cc1ccc2c(c1)N(CCC(=O)O)CC(C(=O)NC13CC(NC(=O)COc4ccc(Cl)c(F)c4)(C1)C3)O2. The van der Waals surface area contributed by atoms with Crippen LogP contribution in [0.2, 0.25) is 20.1 Å². The number of aryl methyl sites for hydroxylation is 4. The number of hydrogen-bond donors (Lipinski definition) is 9. The number of Topliss-reactive ketones (excluding diaryl/α,β-unsaturated/α-hetero) is 2. The number of carboxylic acids is 1. The molecular formula is C106H106Cl4F7N9O21. The highest BCUT2D eigenvalue weighted by molar-refractivity contribution is 6.31. The normalized spacial score (nSPS) is 26.8. The lowest BCUT2D eigenvalue weighted by Gasteiger charge is -2.70. The van der Waals surface area contributed by atoms with E-state index < -0.39 is 83.2 Å². The first-order valence-corrected chi connectivity index (χ1v) is 49.6. The summed E-state index contributed by atoms with van der Waals surface area (Å²) in [6, 6.07) is 38.3. The number of carboxylic acid groups (broad SMARTS) is 1. The number of halogens is 11. The van der Waals surface area contributed by atoms with Crippen molar-refractivity contribution in [2.24, 2.45) is 10.8 Å². The number of ketones is 2. The number of aliphatic hydroxyl groups is 1. The number of nitrogens with zero attached hydrogens (tertiary/aromatic N) is 2. The molecule has 0 saturated heterocycles. The molecule has 4 atom stereocenters. The van der Waals surface area contributed by atoms with Crippen molar-refractivity contribution >= 4 is 123 Å². The second-order valence-electron chi connectivity index (χ2n) is 41.5. The molecule has 7 amide bonds. The number of amides is 7. The first kappa shape index (κ1) is 104. The predicted molar refractivity (Wildman–Crippen MR) is 522 cm³/mol. The fourth-order valence-electron chi connectivity index (χ4n) is 22.9. The van der Waals surface area contributed by atoms with E-state index in [0.717, 1.165) is 83.5 Å². The van der Waals surface area contributed by atoms with Crippen molar-refractivity contribution in [1.29, 1.82) is 0 Å². The Labute approximate surface area is 859 Å². The van der Waals surface area contributed by atoms with Gasteiger partial charge in [-0.05, 0) is 254 Å². The molecule has 30 nitrogen and oxygen atoms in total. The number of carbonyl (C=O) groups excluding carboxylic acids is 9. The van der Waals surface area contributed by atoms with Crippen LogP contribution in [0.15, 0.2) is 151 Å². The predicted octanol–water partition coefficient (Wildman–Crippen LogP) is 15.0. The van der Waals surface area contributed by atoms with Gasteiger partial charge in [-0.2, -0.15) is 0 Å². The van der Waals surface area contributed by atoms with Gasteiger partial charge in [-0.25, -0.2) is 17.6 Å². The van der Waals surface area contributed by atoms with Crippen molar-refractivity contribution in [2.75, 3.05) is 69.1 Å². The third-order valence-electron chi connectivity index (χ3n) is 29.4. The number of aliphatic carboxylic acids is 1. The minimum Gasteiger partial charge on any atom is -0.488 e. The Hall–Kier alpha value is -12.7. The van der Waals surface area contributed by atoms with Gasteiger partial charge in [-0.1, -0.05) is 70.7 Å². The third-order valence-corrected chi connectivity index (χ3v) is 30.4. The Morgan fingerprint density at radius 3 is 1.36 bits per heavy atom. The number of carbonyl (C=O) groups is 10. The third kappa shape index (κ3) is 23.7. The Bertz CT molecular complexity index is 6550. The number of nitrogens with one attached hydrogen (secondary N) is 7. The Balaban J connectivity index is 0.000000129. The number of ether oxygens (including phenoxy) is 9. The second-order valence-corrected chi connectivity index (χ2v) is 43.2. The minimum atomic E-state index is -4.98. The molecular weight excluding hydrogens is 2010 g/mol. The number of fused-ring (bicyclic) bond motifs is 4. The van der Waals surface area contributed by atoms with E-state index in [1.165, 1.54) is 36.4 Å². The Morgan fingerprint density at radius 2 is 0.884 bits per heavy atom. The van der Waals surface area contributed by atoms with E-state index in [4.69, 9.17) is 89.4 Å². The number of aliphatic hydroxyl groups excluding tert-OH is 1. The topological polar surface area (TPSA) is 385 Å². The molecule has 4 heterocycles. The van der Waals surface area contributed by atoms with Gasteiger partial charge >= 0.3 is 12.3 Å². The van der Waals surface area contributed by atoms with Gasteiger partial charge in [0.05, 0.1) is 47.0 Å². The molecule has 0 aromatic heterocycles. The summed E-state index contributed by atoms with van der Waals surface area (Å²) in [6.45, 7) is 5.30. The van der Waals surface area contributed by atoms with Crippen molar-refractivity contribution in [3.63, 3.8) is 0 Å². The lowest BCUT2D eigenvalue weighted by Crippen LogP contribution is -2.84. The van der Waals surface area contributed by atoms with Gasteiger partial charge in [0.15, 0.2) is 56.3 Å². The van der Waals surface area contributed by atoms with Gasteiger partial charge in [-0.15, -0.1) is 13.2 Å². The maximum Gasteiger partial charge on any atom is 0.523 e. The van der Waals surface area contributed by atoms with Gasteiger partial charge in [-0.3, -0.25) is 52.7 Å². The molecule has 8 aromatic carbocycles. The molecule has 41 heteroatoms. The van der Waals surface area contributed by atoms with E-state index in [9.17, 15) is 83.8 Å².